The maximum atomic E-state index is 6.03. The largest absolute Gasteiger partial charge is 0.498 e. The van der Waals surface area contributed by atoms with Crippen LogP contribution in [0.3, 0.4) is 0 Å². The Bertz CT molecular complexity index is 429. The van der Waals surface area contributed by atoms with Gasteiger partial charge in [-0.3, -0.25) is 0 Å². The SMILES string of the molecule is COCOc1ccccc1B1OC(C)(C)C(C)(C)O1. The van der Waals surface area contributed by atoms with Crippen molar-refractivity contribution in [3.05, 3.63) is 24.3 Å². The summed E-state index contributed by atoms with van der Waals surface area (Å²) in [6.45, 7) is 8.34. The van der Waals surface area contributed by atoms with Crippen LogP contribution in [0.1, 0.15) is 27.7 Å². The molecule has 1 aromatic rings. The van der Waals surface area contributed by atoms with Gasteiger partial charge in [-0.2, -0.15) is 0 Å². The highest BCUT2D eigenvalue weighted by atomic mass is 16.7. The minimum absolute atomic E-state index is 0.205. The molecule has 0 radical (unpaired) electrons. The number of para-hydroxylation sites is 1. The molecule has 0 atom stereocenters. The molecule has 0 spiro atoms. The van der Waals surface area contributed by atoms with Crippen LogP contribution in [-0.4, -0.2) is 32.2 Å². The first kappa shape index (κ1) is 14.4. The molecule has 1 aliphatic rings. The van der Waals surface area contributed by atoms with Crippen molar-refractivity contribution in [2.45, 2.75) is 38.9 Å². The van der Waals surface area contributed by atoms with Crippen LogP contribution in [-0.2, 0) is 14.0 Å². The molecule has 0 aliphatic carbocycles. The number of rotatable bonds is 4. The molecule has 1 heterocycles. The van der Waals surface area contributed by atoms with E-state index in [0.29, 0.717) is 0 Å². The highest BCUT2D eigenvalue weighted by Crippen LogP contribution is 2.37. The summed E-state index contributed by atoms with van der Waals surface area (Å²) in [5.41, 5.74) is 0.177. The Balaban J connectivity index is 2.24. The van der Waals surface area contributed by atoms with Gasteiger partial charge in [-0.15, -0.1) is 0 Å². The van der Waals surface area contributed by atoms with Gasteiger partial charge in [0.15, 0.2) is 6.79 Å². The number of methoxy groups -OCH3 is 1. The van der Waals surface area contributed by atoms with Crippen LogP contribution in [0.25, 0.3) is 0 Å². The van der Waals surface area contributed by atoms with Gasteiger partial charge in [0.25, 0.3) is 0 Å². The molecule has 0 N–H and O–H groups in total. The van der Waals surface area contributed by atoms with Crippen LogP contribution in [0, 0.1) is 0 Å². The Labute approximate surface area is 115 Å². The molecule has 0 aromatic heterocycles. The van der Waals surface area contributed by atoms with Crippen molar-refractivity contribution in [1.29, 1.82) is 0 Å². The molecule has 104 valence electrons. The first-order valence-electron chi connectivity index (χ1n) is 6.44. The Morgan fingerprint density at radius 2 is 1.63 bits per heavy atom. The number of hydrogen-bond acceptors (Lipinski definition) is 4. The summed E-state index contributed by atoms with van der Waals surface area (Å²) < 4.78 is 22.5. The lowest BCUT2D eigenvalue weighted by molar-refractivity contribution is 0.00578. The minimum atomic E-state index is -0.418. The van der Waals surface area contributed by atoms with Crippen molar-refractivity contribution in [2.24, 2.45) is 0 Å². The Hall–Kier alpha value is -1.04. The number of benzene rings is 1. The van der Waals surface area contributed by atoms with E-state index in [0.717, 1.165) is 11.2 Å². The molecule has 2 rings (SSSR count). The standard InChI is InChI=1S/C14H21BO4/c1-13(2)14(3,4)19-15(18-13)11-8-6-7-9-12(11)17-10-16-5/h6-9H,10H2,1-5H3. The summed E-state index contributed by atoms with van der Waals surface area (Å²) in [7, 11) is 1.18. The highest BCUT2D eigenvalue weighted by Gasteiger charge is 2.52. The molecular weight excluding hydrogens is 243 g/mol. The summed E-state index contributed by atoms with van der Waals surface area (Å²) in [5.74, 6) is 0.725. The molecule has 0 bridgehead atoms. The second kappa shape index (κ2) is 5.15. The van der Waals surface area contributed by atoms with Crippen LogP contribution >= 0.6 is 0 Å². The Morgan fingerprint density at radius 1 is 1.05 bits per heavy atom. The molecule has 1 saturated heterocycles. The maximum absolute atomic E-state index is 6.03. The van der Waals surface area contributed by atoms with Crippen molar-refractivity contribution in [2.75, 3.05) is 13.9 Å². The van der Waals surface area contributed by atoms with Crippen LogP contribution in [0.5, 0.6) is 5.75 Å². The van der Waals surface area contributed by atoms with E-state index in [1.165, 1.54) is 0 Å². The zero-order valence-electron chi connectivity index (χ0n) is 12.2. The molecule has 0 amide bonds. The topological polar surface area (TPSA) is 36.9 Å². The molecule has 5 heteroatoms. The third kappa shape index (κ3) is 2.78. The second-order valence-corrected chi connectivity index (χ2v) is 5.68. The van der Waals surface area contributed by atoms with Crippen molar-refractivity contribution < 1.29 is 18.8 Å². The number of hydrogen-bond donors (Lipinski definition) is 0. The Kier molecular flexibility index (Phi) is 3.90. The summed E-state index contributed by atoms with van der Waals surface area (Å²) in [4.78, 5) is 0. The predicted octanol–water partition coefficient (Wildman–Crippen LogP) is 1.97. The minimum Gasteiger partial charge on any atom is -0.468 e. The normalized spacial score (nSPS) is 20.6. The van der Waals surface area contributed by atoms with Gasteiger partial charge >= 0.3 is 7.12 Å². The summed E-state index contributed by atoms with van der Waals surface area (Å²) in [5, 5.41) is 0. The molecular formula is C14H21BO4. The monoisotopic (exact) mass is 264 g/mol. The average Bonchev–Trinajstić information content (AvgIpc) is 2.56. The molecule has 1 fully saturated rings. The van der Waals surface area contributed by atoms with E-state index in [1.807, 2.05) is 52.0 Å². The summed E-state index contributed by atoms with van der Waals surface area (Å²) >= 11 is 0. The zero-order valence-corrected chi connectivity index (χ0v) is 12.2. The molecule has 1 aromatic carbocycles. The molecule has 4 nitrogen and oxygen atoms in total. The van der Waals surface area contributed by atoms with Crippen molar-refractivity contribution in [3.8, 4) is 5.75 Å². The highest BCUT2D eigenvalue weighted by molar-refractivity contribution is 6.63. The van der Waals surface area contributed by atoms with Gasteiger partial charge in [-0.05, 0) is 33.8 Å². The fourth-order valence-electron chi connectivity index (χ4n) is 1.90. The lowest BCUT2D eigenvalue weighted by atomic mass is 9.78. The smallest absolute Gasteiger partial charge is 0.468 e. The van der Waals surface area contributed by atoms with Gasteiger partial charge < -0.3 is 18.8 Å². The molecule has 1 aliphatic heterocycles. The fraction of sp³-hybridized carbons (Fsp3) is 0.571. The molecule has 0 unspecified atom stereocenters. The van der Waals surface area contributed by atoms with Gasteiger partial charge in [0, 0.05) is 12.6 Å². The lowest BCUT2D eigenvalue weighted by Gasteiger charge is -2.32. The Morgan fingerprint density at radius 3 is 2.21 bits per heavy atom. The van der Waals surface area contributed by atoms with Gasteiger partial charge in [-0.25, -0.2) is 0 Å². The van der Waals surface area contributed by atoms with E-state index >= 15 is 0 Å². The average molecular weight is 264 g/mol. The first-order chi connectivity index (χ1) is 8.87. The van der Waals surface area contributed by atoms with Gasteiger partial charge in [0.2, 0.25) is 0 Å². The van der Waals surface area contributed by atoms with Crippen LogP contribution in [0.15, 0.2) is 24.3 Å². The molecule has 0 saturated carbocycles. The van der Waals surface area contributed by atoms with Crippen molar-refractivity contribution in [1.82, 2.24) is 0 Å². The van der Waals surface area contributed by atoms with E-state index in [9.17, 15) is 0 Å². The van der Waals surface area contributed by atoms with Crippen LogP contribution < -0.4 is 10.2 Å². The van der Waals surface area contributed by atoms with Crippen LogP contribution in [0.4, 0.5) is 0 Å². The molecule has 19 heavy (non-hydrogen) atoms. The summed E-state index contributed by atoms with van der Waals surface area (Å²) in [6.07, 6.45) is 0. The van der Waals surface area contributed by atoms with Gasteiger partial charge in [0.1, 0.15) is 5.75 Å². The lowest BCUT2D eigenvalue weighted by Crippen LogP contribution is -2.41. The quantitative estimate of drug-likeness (QED) is 0.615. The van der Waals surface area contributed by atoms with Gasteiger partial charge in [0.05, 0.1) is 11.2 Å². The summed E-state index contributed by atoms with van der Waals surface area (Å²) in [6, 6.07) is 7.70. The first-order valence-corrected chi connectivity index (χ1v) is 6.44. The van der Waals surface area contributed by atoms with E-state index in [2.05, 4.69) is 0 Å². The second-order valence-electron chi connectivity index (χ2n) is 5.68. The maximum Gasteiger partial charge on any atom is 0.498 e. The predicted molar refractivity (Wildman–Crippen MR) is 74.7 cm³/mol. The third-order valence-electron chi connectivity index (χ3n) is 3.76. The van der Waals surface area contributed by atoms with E-state index < -0.39 is 7.12 Å². The zero-order chi connectivity index (χ0) is 14.1. The van der Waals surface area contributed by atoms with E-state index in [4.69, 9.17) is 18.8 Å². The van der Waals surface area contributed by atoms with Crippen molar-refractivity contribution >= 4 is 12.6 Å². The number of ether oxygens (including phenoxy) is 2. The van der Waals surface area contributed by atoms with E-state index in [-0.39, 0.29) is 18.0 Å². The van der Waals surface area contributed by atoms with Gasteiger partial charge in [-0.1, -0.05) is 18.2 Å². The van der Waals surface area contributed by atoms with E-state index in [1.54, 1.807) is 7.11 Å². The van der Waals surface area contributed by atoms with Crippen molar-refractivity contribution in [3.63, 3.8) is 0 Å². The van der Waals surface area contributed by atoms with Crippen LogP contribution in [0.2, 0.25) is 0 Å². The third-order valence-corrected chi connectivity index (χ3v) is 3.76. The fourth-order valence-corrected chi connectivity index (χ4v) is 1.90.